The molecular weight excluding hydrogens is 378 g/mol. The van der Waals surface area contributed by atoms with Crippen molar-refractivity contribution in [2.24, 2.45) is 0 Å². The number of nitrogens with zero attached hydrogens (tertiary/aromatic N) is 1. The fourth-order valence-corrected chi connectivity index (χ4v) is 2.74. The minimum Gasteiger partial charge on any atom is -0.465 e. The molecule has 2 N–H and O–H groups in total. The number of esters is 1. The average Bonchev–Trinajstić information content (AvgIpc) is 2.71. The topological polar surface area (TPSA) is 80.3 Å². The quantitative estimate of drug-likeness (QED) is 0.605. The highest BCUT2D eigenvalue weighted by Crippen LogP contribution is 2.25. The number of pyridine rings is 1. The van der Waals surface area contributed by atoms with Crippen LogP contribution in [-0.2, 0) is 4.74 Å². The third-order valence-corrected chi connectivity index (χ3v) is 4.50. The second-order valence-corrected chi connectivity index (χ2v) is 6.40. The van der Waals surface area contributed by atoms with Crippen LogP contribution in [0, 0.1) is 6.92 Å². The van der Waals surface area contributed by atoms with Gasteiger partial charge in [0.25, 0.3) is 5.91 Å². The number of nitrogens with one attached hydrogen (secondary N) is 2. The lowest BCUT2D eigenvalue weighted by atomic mass is 10.1. The Hall–Kier alpha value is -3.38. The molecule has 1 aromatic heterocycles. The van der Waals surface area contributed by atoms with Crippen LogP contribution in [0.5, 0.6) is 0 Å². The summed E-state index contributed by atoms with van der Waals surface area (Å²) < 4.78 is 4.69. The Morgan fingerprint density at radius 3 is 2.61 bits per heavy atom. The van der Waals surface area contributed by atoms with Gasteiger partial charge in [0.2, 0.25) is 0 Å². The molecule has 0 aliphatic heterocycles. The second kappa shape index (κ2) is 8.54. The predicted molar refractivity (Wildman–Crippen MR) is 109 cm³/mol. The van der Waals surface area contributed by atoms with Crippen LogP contribution in [0.4, 0.5) is 17.2 Å². The Balaban J connectivity index is 1.77. The van der Waals surface area contributed by atoms with Crippen LogP contribution in [0.1, 0.15) is 26.3 Å². The molecule has 2 aromatic carbocycles. The van der Waals surface area contributed by atoms with Crippen LogP contribution >= 0.6 is 11.6 Å². The number of methoxy groups -OCH3 is 1. The molecule has 0 bridgehead atoms. The van der Waals surface area contributed by atoms with E-state index in [1.807, 2.05) is 25.1 Å². The Labute approximate surface area is 167 Å². The lowest BCUT2D eigenvalue weighted by Crippen LogP contribution is -2.13. The predicted octanol–water partition coefficient (Wildman–Crippen LogP) is 4.83. The summed E-state index contributed by atoms with van der Waals surface area (Å²) in [6.07, 6.45) is 1.54. The molecule has 28 heavy (non-hydrogen) atoms. The van der Waals surface area contributed by atoms with E-state index < -0.39 is 5.97 Å². The third kappa shape index (κ3) is 4.47. The Bertz CT molecular complexity index is 1040. The molecule has 0 atom stereocenters. The van der Waals surface area contributed by atoms with Crippen molar-refractivity contribution in [2.45, 2.75) is 6.92 Å². The van der Waals surface area contributed by atoms with Crippen molar-refractivity contribution in [3.63, 3.8) is 0 Å². The molecule has 1 heterocycles. The van der Waals surface area contributed by atoms with E-state index >= 15 is 0 Å². The van der Waals surface area contributed by atoms with Crippen LogP contribution in [0.15, 0.2) is 60.8 Å². The lowest BCUT2D eigenvalue weighted by Gasteiger charge is -2.11. The van der Waals surface area contributed by atoms with E-state index in [-0.39, 0.29) is 5.91 Å². The first kappa shape index (κ1) is 19.4. The van der Waals surface area contributed by atoms with Gasteiger partial charge in [-0.2, -0.15) is 0 Å². The smallest absolute Gasteiger partial charge is 0.337 e. The van der Waals surface area contributed by atoms with Crippen molar-refractivity contribution in [1.82, 2.24) is 4.98 Å². The van der Waals surface area contributed by atoms with E-state index in [9.17, 15) is 9.59 Å². The van der Waals surface area contributed by atoms with Crippen molar-refractivity contribution >= 4 is 40.7 Å². The van der Waals surface area contributed by atoms with E-state index in [4.69, 9.17) is 16.3 Å². The van der Waals surface area contributed by atoms with Crippen molar-refractivity contribution < 1.29 is 14.3 Å². The molecule has 0 saturated carbocycles. The van der Waals surface area contributed by atoms with Crippen molar-refractivity contribution in [3.8, 4) is 0 Å². The highest BCUT2D eigenvalue weighted by molar-refractivity contribution is 6.31. The first-order valence-corrected chi connectivity index (χ1v) is 8.83. The largest absolute Gasteiger partial charge is 0.465 e. The van der Waals surface area contributed by atoms with Gasteiger partial charge in [0.15, 0.2) is 0 Å². The zero-order valence-corrected chi connectivity index (χ0v) is 16.1. The molecule has 0 radical (unpaired) electrons. The number of halogens is 1. The standard InChI is InChI=1S/C21H18ClN3O3/c1-13-17(22)7-4-8-18(13)25-19-12-14(9-10-23-19)20(26)24-16-6-3-5-15(11-16)21(27)28-2/h3-12H,1-2H3,(H,23,25)(H,24,26). The Morgan fingerprint density at radius 2 is 1.82 bits per heavy atom. The fraction of sp³-hybridized carbons (Fsp3) is 0.0952. The van der Waals surface area contributed by atoms with Crippen molar-refractivity contribution in [1.29, 1.82) is 0 Å². The van der Waals surface area contributed by atoms with E-state index in [0.717, 1.165) is 11.3 Å². The van der Waals surface area contributed by atoms with E-state index in [1.165, 1.54) is 7.11 Å². The molecule has 142 valence electrons. The highest BCUT2D eigenvalue weighted by atomic mass is 35.5. The molecule has 0 saturated heterocycles. The number of carbonyl (C=O) groups is 2. The maximum Gasteiger partial charge on any atom is 0.337 e. The first-order chi connectivity index (χ1) is 13.5. The molecule has 3 rings (SSSR count). The van der Waals surface area contributed by atoms with Gasteiger partial charge in [0, 0.05) is 28.2 Å². The van der Waals surface area contributed by atoms with Gasteiger partial charge < -0.3 is 15.4 Å². The Morgan fingerprint density at radius 1 is 1.04 bits per heavy atom. The van der Waals surface area contributed by atoms with Gasteiger partial charge >= 0.3 is 5.97 Å². The number of rotatable bonds is 5. The molecule has 0 fully saturated rings. The van der Waals surface area contributed by atoms with E-state index in [0.29, 0.717) is 27.7 Å². The molecule has 0 spiro atoms. The maximum absolute atomic E-state index is 12.6. The van der Waals surface area contributed by atoms with E-state index in [2.05, 4.69) is 15.6 Å². The van der Waals surface area contributed by atoms with Crippen LogP contribution in [0.2, 0.25) is 5.02 Å². The SMILES string of the molecule is COC(=O)c1cccc(NC(=O)c2ccnc(Nc3cccc(Cl)c3C)c2)c1. The zero-order chi connectivity index (χ0) is 20.1. The van der Waals surface area contributed by atoms with E-state index in [1.54, 1.807) is 42.6 Å². The lowest BCUT2D eigenvalue weighted by molar-refractivity contribution is 0.0600. The number of hydrogen-bond acceptors (Lipinski definition) is 5. The average molecular weight is 396 g/mol. The summed E-state index contributed by atoms with van der Waals surface area (Å²) in [5.74, 6) is -0.278. The number of benzene rings is 2. The number of aromatic nitrogens is 1. The van der Waals surface area contributed by atoms with Crippen LogP contribution in [0.3, 0.4) is 0 Å². The van der Waals surface area contributed by atoms with Crippen LogP contribution in [-0.4, -0.2) is 24.0 Å². The van der Waals surface area contributed by atoms with Gasteiger partial charge in [-0.15, -0.1) is 0 Å². The minimum atomic E-state index is -0.469. The summed E-state index contributed by atoms with van der Waals surface area (Å²) in [7, 11) is 1.31. The summed E-state index contributed by atoms with van der Waals surface area (Å²) in [5, 5.41) is 6.58. The molecule has 7 heteroatoms. The summed E-state index contributed by atoms with van der Waals surface area (Å²) in [4.78, 5) is 28.5. The Kier molecular flexibility index (Phi) is 5.91. The first-order valence-electron chi connectivity index (χ1n) is 8.46. The molecule has 1 amide bonds. The monoisotopic (exact) mass is 395 g/mol. The van der Waals surface area contributed by atoms with Crippen LogP contribution in [0.25, 0.3) is 0 Å². The normalized spacial score (nSPS) is 10.2. The van der Waals surface area contributed by atoms with Crippen molar-refractivity contribution in [2.75, 3.05) is 17.7 Å². The van der Waals surface area contributed by atoms with Crippen molar-refractivity contribution in [3.05, 3.63) is 82.5 Å². The number of anilines is 3. The molecule has 0 aliphatic rings. The molecular formula is C21H18ClN3O3. The number of hydrogen-bond donors (Lipinski definition) is 2. The molecule has 0 aliphatic carbocycles. The molecule has 0 unspecified atom stereocenters. The summed E-state index contributed by atoms with van der Waals surface area (Å²) in [6, 6.07) is 15.3. The minimum absolute atomic E-state index is 0.324. The highest BCUT2D eigenvalue weighted by Gasteiger charge is 2.11. The van der Waals surface area contributed by atoms with Gasteiger partial charge in [-0.1, -0.05) is 23.7 Å². The van der Waals surface area contributed by atoms with Gasteiger partial charge in [-0.25, -0.2) is 9.78 Å². The maximum atomic E-state index is 12.6. The zero-order valence-electron chi connectivity index (χ0n) is 15.3. The van der Waals surface area contributed by atoms with Gasteiger partial charge in [0.1, 0.15) is 5.82 Å². The summed E-state index contributed by atoms with van der Waals surface area (Å²) >= 11 is 6.14. The molecule has 3 aromatic rings. The molecule has 6 nitrogen and oxygen atoms in total. The third-order valence-electron chi connectivity index (χ3n) is 4.09. The van der Waals surface area contributed by atoms with Gasteiger partial charge in [-0.3, -0.25) is 4.79 Å². The summed E-state index contributed by atoms with van der Waals surface area (Å²) in [6.45, 7) is 1.90. The van der Waals surface area contributed by atoms with Crippen LogP contribution < -0.4 is 10.6 Å². The summed E-state index contributed by atoms with van der Waals surface area (Å²) in [5.41, 5.74) is 2.96. The number of carbonyl (C=O) groups excluding carboxylic acids is 2. The number of amides is 1. The number of ether oxygens (including phenoxy) is 1. The fourth-order valence-electron chi connectivity index (χ4n) is 2.57. The van der Waals surface area contributed by atoms with Gasteiger partial charge in [-0.05, 0) is 55.0 Å². The van der Waals surface area contributed by atoms with Gasteiger partial charge in [0.05, 0.1) is 12.7 Å². The second-order valence-electron chi connectivity index (χ2n) is 5.99.